The highest BCUT2D eigenvalue weighted by Gasteiger charge is 2.04. The summed E-state index contributed by atoms with van der Waals surface area (Å²) in [4.78, 5) is 0. The first-order valence-corrected chi connectivity index (χ1v) is 6.38. The Morgan fingerprint density at radius 3 is 2.53 bits per heavy atom. The van der Waals surface area contributed by atoms with Gasteiger partial charge in [-0.3, -0.25) is 0 Å². The van der Waals surface area contributed by atoms with Gasteiger partial charge in [0, 0.05) is 6.42 Å². The second-order valence-electron chi connectivity index (χ2n) is 4.46. The molecule has 1 heteroatoms. The molecule has 0 saturated carbocycles. The third-order valence-corrected chi connectivity index (χ3v) is 2.97. The number of rotatable bonds is 5. The second kappa shape index (κ2) is 6.69. The van der Waals surface area contributed by atoms with Crippen molar-refractivity contribution in [1.29, 1.82) is 0 Å². The summed E-state index contributed by atoms with van der Waals surface area (Å²) in [6, 6.07) is 15.3. The monoisotopic (exact) mass is 252 g/mol. The highest BCUT2D eigenvalue weighted by atomic mass is 19.1. The molecule has 0 radical (unpaired) electrons. The third-order valence-electron chi connectivity index (χ3n) is 2.97. The van der Waals surface area contributed by atoms with Crippen LogP contribution in [0.25, 0.3) is 0 Å². The largest absolute Gasteiger partial charge is 0.207 e. The minimum atomic E-state index is -0.139. The third kappa shape index (κ3) is 3.92. The van der Waals surface area contributed by atoms with Crippen LogP contribution in [-0.4, -0.2) is 0 Å². The van der Waals surface area contributed by atoms with E-state index >= 15 is 0 Å². The van der Waals surface area contributed by atoms with Crippen molar-refractivity contribution in [3.63, 3.8) is 0 Å². The molecule has 2 rings (SSSR count). The lowest BCUT2D eigenvalue weighted by atomic mass is 10.0. The van der Waals surface area contributed by atoms with Gasteiger partial charge in [0.15, 0.2) is 0 Å². The Morgan fingerprint density at radius 2 is 1.79 bits per heavy atom. The molecule has 19 heavy (non-hydrogen) atoms. The molecule has 0 atom stereocenters. The number of halogens is 1. The Hall–Kier alpha value is -2.15. The van der Waals surface area contributed by atoms with Gasteiger partial charge in [0.05, 0.1) is 0 Å². The normalized spacial score (nSPS) is 10.8. The van der Waals surface area contributed by atoms with Gasteiger partial charge in [0.25, 0.3) is 0 Å². The maximum atomic E-state index is 13.8. The van der Waals surface area contributed by atoms with Gasteiger partial charge in [-0.25, -0.2) is 4.39 Å². The summed E-state index contributed by atoms with van der Waals surface area (Å²) in [7, 11) is 0. The fourth-order valence-electron chi connectivity index (χ4n) is 2.01. The molecule has 0 spiro atoms. The van der Waals surface area contributed by atoms with Crippen molar-refractivity contribution < 1.29 is 4.39 Å². The SMILES string of the molecule is C=C/C=C/Cc1ccc(F)c(Cc2ccccc2)c1. The molecule has 0 aliphatic carbocycles. The zero-order chi connectivity index (χ0) is 13.5. The summed E-state index contributed by atoms with van der Waals surface area (Å²) in [5, 5.41) is 0. The predicted octanol–water partition coefficient (Wildman–Crippen LogP) is 4.70. The molecule has 0 heterocycles. The molecule has 0 aliphatic rings. The quantitative estimate of drug-likeness (QED) is 0.676. The van der Waals surface area contributed by atoms with E-state index in [1.54, 1.807) is 12.1 Å². The van der Waals surface area contributed by atoms with Crippen molar-refractivity contribution in [2.75, 3.05) is 0 Å². The van der Waals surface area contributed by atoms with Crippen LogP contribution < -0.4 is 0 Å². The maximum Gasteiger partial charge on any atom is 0.126 e. The van der Waals surface area contributed by atoms with E-state index in [2.05, 4.69) is 6.58 Å². The number of benzene rings is 2. The van der Waals surface area contributed by atoms with Crippen LogP contribution in [0, 0.1) is 5.82 Å². The topological polar surface area (TPSA) is 0 Å². The van der Waals surface area contributed by atoms with Crippen molar-refractivity contribution in [3.8, 4) is 0 Å². The summed E-state index contributed by atoms with van der Waals surface area (Å²) in [5.74, 6) is -0.139. The summed E-state index contributed by atoms with van der Waals surface area (Å²) in [6.45, 7) is 3.63. The first-order valence-electron chi connectivity index (χ1n) is 6.38. The van der Waals surface area contributed by atoms with Crippen LogP contribution in [0.4, 0.5) is 4.39 Å². The van der Waals surface area contributed by atoms with Crippen LogP contribution in [0.3, 0.4) is 0 Å². The second-order valence-corrected chi connectivity index (χ2v) is 4.46. The van der Waals surface area contributed by atoms with Crippen LogP contribution >= 0.6 is 0 Å². The van der Waals surface area contributed by atoms with E-state index in [0.717, 1.165) is 23.1 Å². The van der Waals surface area contributed by atoms with Crippen molar-refractivity contribution >= 4 is 0 Å². The van der Waals surface area contributed by atoms with E-state index in [4.69, 9.17) is 0 Å². The molecule has 0 nitrogen and oxygen atoms in total. The van der Waals surface area contributed by atoms with Gasteiger partial charge in [-0.05, 0) is 29.2 Å². The smallest absolute Gasteiger partial charge is 0.126 e. The van der Waals surface area contributed by atoms with Gasteiger partial charge >= 0.3 is 0 Å². The molecule has 0 unspecified atom stereocenters. The molecule has 0 bridgehead atoms. The molecular weight excluding hydrogens is 235 g/mol. The van der Waals surface area contributed by atoms with Crippen LogP contribution in [0.1, 0.15) is 16.7 Å². The van der Waals surface area contributed by atoms with Gasteiger partial charge in [-0.2, -0.15) is 0 Å². The molecule has 0 saturated heterocycles. The zero-order valence-corrected chi connectivity index (χ0v) is 10.9. The fraction of sp³-hybridized carbons (Fsp3) is 0.111. The van der Waals surface area contributed by atoms with Gasteiger partial charge in [-0.1, -0.05) is 67.3 Å². The fourth-order valence-corrected chi connectivity index (χ4v) is 2.01. The minimum absolute atomic E-state index is 0.139. The lowest BCUT2D eigenvalue weighted by molar-refractivity contribution is 0.613. The Balaban J connectivity index is 2.17. The highest BCUT2D eigenvalue weighted by Crippen LogP contribution is 2.16. The molecule has 2 aromatic carbocycles. The van der Waals surface area contributed by atoms with Crippen LogP contribution in [-0.2, 0) is 12.8 Å². The van der Waals surface area contributed by atoms with Gasteiger partial charge in [0.2, 0.25) is 0 Å². The van der Waals surface area contributed by atoms with Crippen molar-refractivity contribution in [2.45, 2.75) is 12.8 Å². The van der Waals surface area contributed by atoms with E-state index in [1.165, 1.54) is 0 Å². The summed E-state index contributed by atoms with van der Waals surface area (Å²) in [6.07, 6.45) is 7.10. The molecule has 0 amide bonds. The van der Waals surface area contributed by atoms with Crippen LogP contribution in [0.15, 0.2) is 73.3 Å². The van der Waals surface area contributed by atoms with Crippen molar-refractivity contribution in [1.82, 2.24) is 0 Å². The van der Waals surface area contributed by atoms with E-state index in [0.29, 0.717) is 6.42 Å². The molecule has 0 aromatic heterocycles. The van der Waals surface area contributed by atoms with E-state index in [9.17, 15) is 4.39 Å². The van der Waals surface area contributed by atoms with E-state index in [-0.39, 0.29) is 5.82 Å². The lowest BCUT2D eigenvalue weighted by Gasteiger charge is -2.06. The van der Waals surface area contributed by atoms with E-state index < -0.39 is 0 Å². The Labute approximate surface area is 113 Å². The van der Waals surface area contributed by atoms with Gasteiger partial charge in [-0.15, -0.1) is 0 Å². The van der Waals surface area contributed by atoms with E-state index in [1.807, 2.05) is 54.6 Å². The van der Waals surface area contributed by atoms with Crippen LogP contribution in [0.5, 0.6) is 0 Å². The molecule has 96 valence electrons. The van der Waals surface area contributed by atoms with Gasteiger partial charge in [0.1, 0.15) is 5.82 Å². The van der Waals surface area contributed by atoms with Crippen molar-refractivity contribution in [3.05, 3.63) is 95.8 Å². The molecule has 2 aromatic rings. The van der Waals surface area contributed by atoms with Crippen molar-refractivity contribution in [2.24, 2.45) is 0 Å². The Morgan fingerprint density at radius 1 is 1.00 bits per heavy atom. The number of hydrogen-bond acceptors (Lipinski definition) is 0. The summed E-state index contributed by atoms with van der Waals surface area (Å²) >= 11 is 0. The predicted molar refractivity (Wildman–Crippen MR) is 78.7 cm³/mol. The summed E-state index contributed by atoms with van der Waals surface area (Å²) < 4.78 is 13.8. The average molecular weight is 252 g/mol. The first kappa shape index (κ1) is 13.3. The molecular formula is C18H17F. The zero-order valence-electron chi connectivity index (χ0n) is 10.9. The average Bonchev–Trinajstić information content (AvgIpc) is 2.44. The Kier molecular flexibility index (Phi) is 4.68. The lowest BCUT2D eigenvalue weighted by Crippen LogP contribution is -1.94. The Bertz CT molecular complexity index is 567. The van der Waals surface area contributed by atoms with Crippen LogP contribution in [0.2, 0.25) is 0 Å². The highest BCUT2D eigenvalue weighted by molar-refractivity contribution is 5.31. The first-order chi connectivity index (χ1) is 9.29. The number of allylic oxidation sites excluding steroid dienone is 3. The standard InChI is InChI=1S/C18H17F/c1-2-3-5-8-16-11-12-18(19)17(14-16)13-15-9-6-4-7-10-15/h2-7,9-12,14H,1,8,13H2/b5-3+. The molecule has 0 aliphatic heterocycles. The maximum absolute atomic E-state index is 13.8. The molecule has 0 N–H and O–H groups in total. The summed E-state index contributed by atoms with van der Waals surface area (Å²) in [5.41, 5.74) is 2.99. The van der Waals surface area contributed by atoms with Gasteiger partial charge < -0.3 is 0 Å². The number of hydrogen-bond donors (Lipinski definition) is 0. The minimum Gasteiger partial charge on any atom is -0.207 e. The molecule has 0 fully saturated rings.